The van der Waals surface area contributed by atoms with E-state index in [9.17, 15) is 8.42 Å². The molecule has 28 heavy (non-hydrogen) atoms. The number of anilines is 1. The summed E-state index contributed by atoms with van der Waals surface area (Å²) >= 11 is 0. The number of nitrogens with one attached hydrogen (secondary N) is 2. The average Bonchev–Trinajstić information content (AvgIpc) is 3.41. The first-order valence-electron chi connectivity index (χ1n) is 10.2. The maximum atomic E-state index is 12.3. The lowest BCUT2D eigenvalue weighted by atomic mass is 9.95. The minimum Gasteiger partial charge on any atom is -0.382 e. The third kappa shape index (κ3) is 4.05. The number of sulfonamides is 1. The van der Waals surface area contributed by atoms with Gasteiger partial charge in [-0.05, 0) is 56.1 Å². The van der Waals surface area contributed by atoms with E-state index in [4.69, 9.17) is 0 Å². The predicted molar refractivity (Wildman–Crippen MR) is 107 cm³/mol. The Morgan fingerprint density at radius 1 is 1.04 bits per heavy atom. The van der Waals surface area contributed by atoms with Crippen LogP contribution >= 0.6 is 0 Å². The van der Waals surface area contributed by atoms with Crippen LogP contribution in [0.3, 0.4) is 0 Å². The second kappa shape index (κ2) is 8.16. The van der Waals surface area contributed by atoms with Crippen molar-refractivity contribution in [2.24, 2.45) is 0 Å². The summed E-state index contributed by atoms with van der Waals surface area (Å²) in [7, 11) is -2.13. The van der Waals surface area contributed by atoms with Gasteiger partial charge in [0.15, 0.2) is 0 Å². The van der Waals surface area contributed by atoms with E-state index < -0.39 is 10.0 Å². The van der Waals surface area contributed by atoms with Crippen molar-refractivity contribution < 1.29 is 8.42 Å². The van der Waals surface area contributed by atoms with Gasteiger partial charge in [-0.3, -0.25) is 0 Å². The Morgan fingerprint density at radius 2 is 1.75 bits per heavy atom. The fraction of sp³-hybridized carbons (Fsp3) is 0.632. The van der Waals surface area contributed by atoms with Gasteiger partial charge < -0.3 is 5.32 Å². The molecule has 0 radical (unpaired) electrons. The number of tetrazole rings is 1. The highest BCUT2D eigenvalue weighted by molar-refractivity contribution is 7.89. The second-order valence-corrected chi connectivity index (χ2v) is 9.65. The van der Waals surface area contributed by atoms with Crippen LogP contribution < -0.4 is 10.0 Å². The molecule has 8 nitrogen and oxygen atoms in total. The SMILES string of the molecule is CNS(=O)(=O)c1ccc(NC2CCCCC2)c(-c2nnn(C3CCCC3)n2)c1. The molecule has 0 bridgehead atoms. The molecule has 1 heterocycles. The van der Waals surface area contributed by atoms with Crippen molar-refractivity contribution in [3.05, 3.63) is 18.2 Å². The van der Waals surface area contributed by atoms with Gasteiger partial charge in [0, 0.05) is 17.3 Å². The summed E-state index contributed by atoms with van der Waals surface area (Å²) < 4.78 is 27.0. The van der Waals surface area contributed by atoms with E-state index in [-0.39, 0.29) is 4.90 Å². The van der Waals surface area contributed by atoms with E-state index in [1.165, 1.54) is 39.2 Å². The molecule has 152 valence electrons. The summed E-state index contributed by atoms with van der Waals surface area (Å²) in [6.07, 6.45) is 10.5. The Bertz CT molecular complexity index is 914. The number of aromatic nitrogens is 4. The molecule has 0 aliphatic heterocycles. The van der Waals surface area contributed by atoms with Gasteiger partial charge in [-0.15, -0.1) is 10.2 Å². The highest BCUT2D eigenvalue weighted by atomic mass is 32.2. The lowest BCUT2D eigenvalue weighted by molar-refractivity contribution is 0.405. The van der Waals surface area contributed by atoms with Crippen molar-refractivity contribution in [2.45, 2.75) is 74.8 Å². The van der Waals surface area contributed by atoms with Crippen LogP contribution in [-0.2, 0) is 10.0 Å². The summed E-state index contributed by atoms with van der Waals surface area (Å²) in [6.45, 7) is 0. The van der Waals surface area contributed by atoms with Gasteiger partial charge in [0.1, 0.15) is 0 Å². The summed E-state index contributed by atoms with van der Waals surface area (Å²) in [5.41, 5.74) is 1.55. The number of rotatable bonds is 6. The average molecular weight is 405 g/mol. The number of benzene rings is 1. The van der Waals surface area contributed by atoms with Gasteiger partial charge in [-0.25, -0.2) is 13.1 Å². The molecule has 2 aliphatic rings. The van der Waals surface area contributed by atoms with E-state index in [0.29, 0.717) is 23.5 Å². The number of nitrogens with zero attached hydrogens (tertiary/aromatic N) is 4. The fourth-order valence-electron chi connectivity index (χ4n) is 4.21. The van der Waals surface area contributed by atoms with E-state index in [0.717, 1.165) is 31.4 Å². The van der Waals surface area contributed by atoms with Crippen LogP contribution in [0.4, 0.5) is 5.69 Å². The van der Waals surface area contributed by atoms with Gasteiger partial charge in [0.25, 0.3) is 0 Å². The topological polar surface area (TPSA) is 102 Å². The normalized spacial score (nSPS) is 19.2. The first kappa shape index (κ1) is 19.3. The van der Waals surface area contributed by atoms with Crippen molar-refractivity contribution in [3.8, 4) is 11.4 Å². The Labute approximate surface area is 166 Å². The molecule has 0 saturated heterocycles. The molecular weight excluding hydrogens is 376 g/mol. The smallest absolute Gasteiger partial charge is 0.240 e. The Morgan fingerprint density at radius 3 is 2.46 bits per heavy atom. The molecule has 2 aromatic rings. The van der Waals surface area contributed by atoms with Crippen LogP contribution in [0.25, 0.3) is 11.4 Å². The molecular formula is C19H28N6O2S. The van der Waals surface area contributed by atoms with Gasteiger partial charge in [-0.1, -0.05) is 32.1 Å². The molecule has 2 aliphatic carbocycles. The maximum absolute atomic E-state index is 12.3. The van der Waals surface area contributed by atoms with E-state index in [2.05, 4.69) is 25.4 Å². The third-order valence-corrected chi connectivity index (χ3v) is 7.27. The Kier molecular flexibility index (Phi) is 5.63. The summed E-state index contributed by atoms with van der Waals surface area (Å²) in [6, 6.07) is 5.78. The van der Waals surface area contributed by atoms with Crippen molar-refractivity contribution in [1.82, 2.24) is 24.9 Å². The molecule has 4 rings (SSSR count). The van der Waals surface area contributed by atoms with Crippen LogP contribution in [0.15, 0.2) is 23.1 Å². The van der Waals surface area contributed by atoms with Crippen molar-refractivity contribution in [2.75, 3.05) is 12.4 Å². The van der Waals surface area contributed by atoms with E-state index >= 15 is 0 Å². The second-order valence-electron chi connectivity index (χ2n) is 7.77. The van der Waals surface area contributed by atoms with Crippen LogP contribution in [0.1, 0.15) is 63.8 Å². The van der Waals surface area contributed by atoms with Gasteiger partial charge >= 0.3 is 0 Å². The summed E-state index contributed by atoms with van der Waals surface area (Å²) in [4.78, 5) is 1.91. The monoisotopic (exact) mass is 404 g/mol. The molecule has 2 fully saturated rings. The van der Waals surface area contributed by atoms with Crippen LogP contribution in [0.5, 0.6) is 0 Å². The third-order valence-electron chi connectivity index (χ3n) is 5.86. The largest absolute Gasteiger partial charge is 0.382 e. The Balaban J connectivity index is 1.69. The van der Waals surface area contributed by atoms with Crippen molar-refractivity contribution in [1.29, 1.82) is 0 Å². The minimum atomic E-state index is -3.55. The summed E-state index contributed by atoms with van der Waals surface area (Å²) in [5, 5.41) is 16.7. The standard InChI is InChI=1S/C19H28N6O2S/c1-20-28(26,27)16-11-12-18(21-14-7-3-2-4-8-14)17(13-16)19-22-24-25(23-19)15-9-5-6-10-15/h11-15,20-21H,2-10H2,1H3. The van der Waals surface area contributed by atoms with Crippen molar-refractivity contribution in [3.63, 3.8) is 0 Å². The van der Waals surface area contributed by atoms with Gasteiger partial charge in [0.2, 0.25) is 15.8 Å². The van der Waals surface area contributed by atoms with Crippen LogP contribution in [0, 0.1) is 0 Å². The highest BCUT2D eigenvalue weighted by Gasteiger charge is 2.23. The quantitative estimate of drug-likeness (QED) is 0.767. The fourth-order valence-corrected chi connectivity index (χ4v) is 4.96. The first-order valence-corrected chi connectivity index (χ1v) is 11.7. The van der Waals surface area contributed by atoms with Gasteiger partial charge in [-0.2, -0.15) is 4.80 Å². The molecule has 1 aromatic carbocycles. The molecule has 0 unspecified atom stereocenters. The lowest BCUT2D eigenvalue weighted by Crippen LogP contribution is -2.23. The first-order chi connectivity index (χ1) is 13.6. The zero-order chi connectivity index (χ0) is 19.6. The molecule has 1 aromatic heterocycles. The molecule has 2 saturated carbocycles. The molecule has 9 heteroatoms. The minimum absolute atomic E-state index is 0.205. The van der Waals surface area contributed by atoms with Gasteiger partial charge in [0.05, 0.1) is 10.9 Å². The van der Waals surface area contributed by atoms with Crippen LogP contribution in [-0.4, -0.2) is 41.7 Å². The van der Waals surface area contributed by atoms with E-state index in [1.54, 1.807) is 16.9 Å². The van der Waals surface area contributed by atoms with Crippen molar-refractivity contribution >= 4 is 15.7 Å². The summed E-state index contributed by atoms with van der Waals surface area (Å²) in [5.74, 6) is 0.471. The maximum Gasteiger partial charge on any atom is 0.240 e. The zero-order valence-electron chi connectivity index (χ0n) is 16.3. The Hall–Kier alpha value is -2.00. The highest BCUT2D eigenvalue weighted by Crippen LogP contribution is 2.32. The molecule has 0 atom stereocenters. The molecule has 0 spiro atoms. The lowest BCUT2D eigenvalue weighted by Gasteiger charge is -2.25. The zero-order valence-corrected chi connectivity index (χ0v) is 17.1. The molecule has 0 amide bonds. The number of hydrogen-bond donors (Lipinski definition) is 2. The molecule has 2 N–H and O–H groups in total. The number of hydrogen-bond acceptors (Lipinski definition) is 6. The predicted octanol–water partition coefficient (Wildman–Crippen LogP) is 3.11. The van der Waals surface area contributed by atoms with Crippen LogP contribution in [0.2, 0.25) is 0 Å². The van der Waals surface area contributed by atoms with E-state index in [1.807, 2.05) is 6.07 Å².